The van der Waals surface area contributed by atoms with E-state index in [9.17, 15) is 4.79 Å². The number of para-hydroxylation sites is 1. The fourth-order valence-electron chi connectivity index (χ4n) is 1.97. The van der Waals surface area contributed by atoms with Crippen molar-refractivity contribution in [3.8, 4) is 11.7 Å². The Morgan fingerprint density at radius 2 is 1.87 bits per heavy atom. The summed E-state index contributed by atoms with van der Waals surface area (Å²) in [5, 5.41) is 6.79. The average Bonchev–Trinajstić information content (AvgIpc) is 3.06. The lowest BCUT2D eigenvalue weighted by Gasteiger charge is -2.13. The lowest BCUT2D eigenvalue weighted by Crippen LogP contribution is -2.31. The molecule has 8 heteroatoms. The first-order chi connectivity index (χ1) is 11.2. The largest absolute Gasteiger partial charge is 0.413 e. The topological polar surface area (TPSA) is 94.8 Å². The van der Waals surface area contributed by atoms with Gasteiger partial charge in [0, 0.05) is 12.4 Å². The van der Waals surface area contributed by atoms with E-state index in [0.29, 0.717) is 17.5 Å². The van der Waals surface area contributed by atoms with Gasteiger partial charge in [0.1, 0.15) is 12.1 Å². The molecule has 1 amide bonds. The highest BCUT2D eigenvalue weighted by Gasteiger charge is 2.18. The number of carbonyl (C=O) groups excluding carboxylic acids is 1. The van der Waals surface area contributed by atoms with Gasteiger partial charge < -0.3 is 10.1 Å². The van der Waals surface area contributed by atoms with E-state index in [4.69, 9.17) is 4.74 Å². The van der Waals surface area contributed by atoms with Gasteiger partial charge in [-0.05, 0) is 25.1 Å². The summed E-state index contributed by atoms with van der Waals surface area (Å²) in [5.41, 5.74) is 0. The molecule has 0 fully saturated rings. The van der Waals surface area contributed by atoms with Crippen molar-refractivity contribution in [2.24, 2.45) is 0 Å². The molecule has 1 aromatic carbocycles. The Morgan fingerprint density at radius 1 is 1.13 bits per heavy atom. The summed E-state index contributed by atoms with van der Waals surface area (Å²) in [6.07, 6.45) is 4.02. The number of hydrogen-bond acceptors (Lipinski definition) is 6. The summed E-state index contributed by atoms with van der Waals surface area (Å²) in [4.78, 5) is 24.3. The van der Waals surface area contributed by atoms with Crippen LogP contribution in [0.2, 0.25) is 0 Å². The maximum atomic E-state index is 11.9. The third-order valence-electron chi connectivity index (χ3n) is 2.99. The van der Waals surface area contributed by atoms with E-state index in [1.807, 2.05) is 6.07 Å². The Bertz CT molecular complexity index is 775. The quantitative estimate of drug-likeness (QED) is 0.791. The predicted octanol–water partition coefficient (Wildman–Crippen LogP) is 1.91. The van der Waals surface area contributed by atoms with Crippen molar-refractivity contribution in [3.63, 3.8) is 0 Å². The maximum absolute atomic E-state index is 11.9. The molecule has 2 aromatic heterocycles. The van der Waals surface area contributed by atoms with Gasteiger partial charge in [0.2, 0.25) is 0 Å². The third-order valence-corrected chi connectivity index (χ3v) is 2.99. The Kier molecular flexibility index (Phi) is 4.23. The molecule has 8 nitrogen and oxygen atoms in total. The number of carbonyl (C=O) groups is 1. The number of benzene rings is 1. The van der Waals surface area contributed by atoms with Gasteiger partial charge in [-0.25, -0.2) is 19.7 Å². The number of ether oxygens (including phenoxy) is 1. The Labute approximate surface area is 132 Å². The standard InChI is InChI=1S/C15H14N6O2/c1-11(20-15(22)23-12-6-3-2-4-7-12)13-18-10-19-21(13)14-16-8-5-9-17-14/h2-11H,1H3,(H,20,22). The molecule has 2 heterocycles. The van der Waals surface area contributed by atoms with E-state index < -0.39 is 12.1 Å². The molecular formula is C15H14N6O2. The van der Waals surface area contributed by atoms with Gasteiger partial charge in [-0.15, -0.1) is 0 Å². The van der Waals surface area contributed by atoms with Crippen molar-refractivity contribution in [3.05, 3.63) is 60.9 Å². The van der Waals surface area contributed by atoms with E-state index in [0.717, 1.165) is 0 Å². The number of rotatable bonds is 4. The lowest BCUT2D eigenvalue weighted by atomic mass is 10.3. The molecule has 116 valence electrons. The van der Waals surface area contributed by atoms with Crippen LogP contribution in [0.3, 0.4) is 0 Å². The van der Waals surface area contributed by atoms with Crippen LogP contribution in [0.4, 0.5) is 4.79 Å². The summed E-state index contributed by atoms with van der Waals surface area (Å²) in [6, 6.07) is 10.1. The SMILES string of the molecule is CC(NC(=O)Oc1ccccc1)c1ncnn1-c1ncccn1. The minimum absolute atomic E-state index is 0.380. The Hall–Kier alpha value is -3.29. The number of nitrogens with one attached hydrogen (secondary N) is 1. The zero-order valence-corrected chi connectivity index (χ0v) is 12.3. The first kappa shape index (κ1) is 14.6. The molecule has 0 bridgehead atoms. The summed E-state index contributed by atoms with van der Waals surface area (Å²) in [7, 11) is 0. The second-order valence-electron chi connectivity index (χ2n) is 4.65. The molecule has 0 radical (unpaired) electrons. The summed E-state index contributed by atoms with van der Waals surface area (Å²) >= 11 is 0. The van der Waals surface area contributed by atoms with Gasteiger partial charge in [-0.3, -0.25) is 0 Å². The van der Waals surface area contributed by atoms with Crippen molar-refractivity contribution < 1.29 is 9.53 Å². The highest BCUT2D eigenvalue weighted by molar-refractivity contribution is 5.70. The molecule has 0 aliphatic rings. The van der Waals surface area contributed by atoms with Crippen LogP contribution in [0, 0.1) is 0 Å². The van der Waals surface area contributed by atoms with Gasteiger partial charge in [-0.2, -0.15) is 9.78 Å². The summed E-state index contributed by atoms with van der Waals surface area (Å²) in [5.74, 6) is 1.34. The minimum Gasteiger partial charge on any atom is -0.410 e. The van der Waals surface area contributed by atoms with Crippen LogP contribution in [0.25, 0.3) is 5.95 Å². The molecule has 0 spiro atoms. The van der Waals surface area contributed by atoms with Crippen LogP contribution in [-0.2, 0) is 0 Å². The predicted molar refractivity (Wildman–Crippen MR) is 81.0 cm³/mol. The smallest absolute Gasteiger partial charge is 0.410 e. The molecular weight excluding hydrogens is 296 g/mol. The summed E-state index contributed by atoms with van der Waals surface area (Å²) < 4.78 is 6.66. The molecule has 0 aliphatic carbocycles. The zero-order valence-electron chi connectivity index (χ0n) is 12.3. The Balaban J connectivity index is 1.71. The van der Waals surface area contributed by atoms with Crippen molar-refractivity contribution in [1.82, 2.24) is 30.0 Å². The van der Waals surface area contributed by atoms with E-state index in [-0.39, 0.29) is 0 Å². The minimum atomic E-state index is -0.577. The van der Waals surface area contributed by atoms with Gasteiger partial charge in [0.05, 0.1) is 6.04 Å². The highest BCUT2D eigenvalue weighted by Crippen LogP contribution is 2.13. The van der Waals surface area contributed by atoms with Crippen LogP contribution in [0.1, 0.15) is 18.8 Å². The first-order valence-corrected chi connectivity index (χ1v) is 6.95. The molecule has 1 N–H and O–H groups in total. The van der Waals surface area contributed by atoms with E-state index >= 15 is 0 Å². The number of nitrogens with zero attached hydrogens (tertiary/aromatic N) is 5. The second kappa shape index (κ2) is 6.65. The highest BCUT2D eigenvalue weighted by atomic mass is 16.6. The van der Waals surface area contributed by atoms with E-state index in [1.54, 1.807) is 49.6 Å². The van der Waals surface area contributed by atoms with Crippen molar-refractivity contribution >= 4 is 6.09 Å². The second-order valence-corrected chi connectivity index (χ2v) is 4.65. The van der Waals surface area contributed by atoms with Crippen LogP contribution >= 0.6 is 0 Å². The normalized spacial score (nSPS) is 11.7. The molecule has 0 aliphatic heterocycles. The average molecular weight is 310 g/mol. The van der Waals surface area contributed by atoms with Crippen LogP contribution in [-0.4, -0.2) is 30.8 Å². The fraction of sp³-hybridized carbons (Fsp3) is 0.133. The maximum Gasteiger partial charge on any atom is 0.413 e. The molecule has 0 saturated carbocycles. The van der Waals surface area contributed by atoms with Crippen LogP contribution in [0.5, 0.6) is 5.75 Å². The molecule has 3 rings (SSSR count). The van der Waals surface area contributed by atoms with Gasteiger partial charge in [0.25, 0.3) is 5.95 Å². The zero-order chi connectivity index (χ0) is 16.1. The fourth-order valence-corrected chi connectivity index (χ4v) is 1.97. The van der Waals surface area contributed by atoms with Crippen molar-refractivity contribution in [1.29, 1.82) is 0 Å². The number of hydrogen-bond donors (Lipinski definition) is 1. The van der Waals surface area contributed by atoms with Crippen LogP contribution < -0.4 is 10.1 Å². The lowest BCUT2D eigenvalue weighted by molar-refractivity contribution is 0.196. The Morgan fingerprint density at radius 3 is 2.61 bits per heavy atom. The van der Waals surface area contributed by atoms with Gasteiger partial charge in [-0.1, -0.05) is 18.2 Å². The van der Waals surface area contributed by atoms with Crippen LogP contribution in [0.15, 0.2) is 55.1 Å². The van der Waals surface area contributed by atoms with Crippen molar-refractivity contribution in [2.45, 2.75) is 13.0 Å². The van der Waals surface area contributed by atoms with E-state index in [1.165, 1.54) is 11.0 Å². The molecule has 23 heavy (non-hydrogen) atoms. The summed E-state index contributed by atoms with van der Waals surface area (Å²) in [6.45, 7) is 1.77. The molecule has 0 saturated heterocycles. The third kappa shape index (κ3) is 3.49. The number of amides is 1. The molecule has 3 aromatic rings. The molecule has 1 atom stereocenters. The van der Waals surface area contributed by atoms with E-state index in [2.05, 4.69) is 25.4 Å². The van der Waals surface area contributed by atoms with Gasteiger partial charge >= 0.3 is 6.09 Å². The van der Waals surface area contributed by atoms with Crippen molar-refractivity contribution in [2.75, 3.05) is 0 Å². The van der Waals surface area contributed by atoms with Gasteiger partial charge in [0.15, 0.2) is 5.82 Å². The first-order valence-electron chi connectivity index (χ1n) is 6.95. The monoisotopic (exact) mass is 310 g/mol. The molecule has 1 unspecified atom stereocenters. The number of aromatic nitrogens is 5.